The molecule has 2 aliphatic rings. The summed E-state index contributed by atoms with van der Waals surface area (Å²) in [6.45, 7) is 1.27. The van der Waals surface area contributed by atoms with Crippen molar-refractivity contribution in [3.63, 3.8) is 0 Å². The Bertz CT molecular complexity index is 630. The summed E-state index contributed by atoms with van der Waals surface area (Å²) in [5, 5.41) is 0. The van der Waals surface area contributed by atoms with E-state index in [-0.39, 0.29) is 37.6 Å². The summed E-state index contributed by atoms with van der Waals surface area (Å²) in [7, 11) is 0. The Kier molecular flexibility index (Phi) is 6.90. The molecule has 146 valence electrons. The summed E-state index contributed by atoms with van der Waals surface area (Å²) in [5.74, 6) is -0.142. The lowest BCUT2D eigenvalue weighted by Crippen LogP contribution is -2.46. The van der Waals surface area contributed by atoms with Crippen molar-refractivity contribution in [2.75, 3.05) is 26.2 Å². The van der Waals surface area contributed by atoms with Crippen LogP contribution in [0, 0.1) is 0 Å². The molecule has 2 aliphatic heterocycles. The molecule has 26 heavy (non-hydrogen) atoms. The Balaban J connectivity index is 0.00000243. The zero-order chi connectivity index (χ0) is 18.0. The van der Waals surface area contributed by atoms with Crippen molar-refractivity contribution in [1.29, 1.82) is 0 Å². The Labute approximate surface area is 156 Å². The SMILES string of the molecule is Cl.NC[C@H]1CC[C@@H](C(=O)N2CCOC(c3cccc(C(F)(F)F)c3)C2)O1. The highest BCUT2D eigenvalue weighted by molar-refractivity contribution is 5.85. The zero-order valence-electron chi connectivity index (χ0n) is 14.1. The van der Waals surface area contributed by atoms with Crippen LogP contribution in [-0.2, 0) is 20.4 Å². The first-order valence-corrected chi connectivity index (χ1v) is 8.31. The monoisotopic (exact) mass is 394 g/mol. The molecule has 1 aromatic carbocycles. The number of carbonyl (C=O) groups excluding carboxylic acids is 1. The number of nitrogens with two attached hydrogens (primary N) is 1. The molecule has 1 amide bonds. The quantitative estimate of drug-likeness (QED) is 0.855. The predicted octanol–water partition coefficient (Wildman–Crippen LogP) is 2.53. The number of alkyl halides is 3. The van der Waals surface area contributed by atoms with Crippen molar-refractivity contribution in [3.05, 3.63) is 35.4 Å². The molecule has 1 aromatic rings. The molecule has 0 bridgehead atoms. The third-order valence-electron chi connectivity index (χ3n) is 4.61. The van der Waals surface area contributed by atoms with Gasteiger partial charge in [0, 0.05) is 13.1 Å². The average molecular weight is 395 g/mol. The van der Waals surface area contributed by atoms with Crippen LogP contribution in [0.25, 0.3) is 0 Å². The van der Waals surface area contributed by atoms with Gasteiger partial charge in [0.25, 0.3) is 5.91 Å². The molecule has 0 spiro atoms. The van der Waals surface area contributed by atoms with E-state index in [2.05, 4.69) is 0 Å². The summed E-state index contributed by atoms with van der Waals surface area (Å²) in [5.41, 5.74) is 5.26. The molecule has 0 aromatic heterocycles. The first kappa shape index (κ1) is 21.0. The van der Waals surface area contributed by atoms with Crippen LogP contribution < -0.4 is 5.73 Å². The van der Waals surface area contributed by atoms with Gasteiger partial charge in [-0.2, -0.15) is 13.2 Å². The summed E-state index contributed by atoms with van der Waals surface area (Å²) < 4.78 is 49.9. The Morgan fingerprint density at radius 2 is 2.08 bits per heavy atom. The highest BCUT2D eigenvalue weighted by Crippen LogP contribution is 2.32. The molecule has 2 N–H and O–H groups in total. The lowest BCUT2D eigenvalue weighted by atomic mass is 10.0. The van der Waals surface area contributed by atoms with E-state index in [1.165, 1.54) is 6.07 Å². The van der Waals surface area contributed by atoms with Crippen LogP contribution in [0.3, 0.4) is 0 Å². The largest absolute Gasteiger partial charge is 0.416 e. The third kappa shape index (κ3) is 4.68. The van der Waals surface area contributed by atoms with E-state index in [9.17, 15) is 18.0 Å². The minimum absolute atomic E-state index is 0. The fourth-order valence-electron chi connectivity index (χ4n) is 3.23. The molecule has 9 heteroatoms. The maximum absolute atomic E-state index is 12.9. The zero-order valence-corrected chi connectivity index (χ0v) is 14.9. The minimum atomic E-state index is -4.41. The minimum Gasteiger partial charge on any atom is -0.370 e. The topological polar surface area (TPSA) is 64.8 Å². The Hall–Kier alpha value is -1.35. The highest BCUT2D eigenvalue weighted by atomic mass is 35.5. The van der Waals surface area contributed by atoms with Crippen LogP contribution in [0.4, 0.5) is 13.2 Å². The van der Waals surface area contributed by atoms with E-state index in [1.54, 1.807) is 11.0 Å². The van der Waals surface area contributed by atoms with Crippen molar-refractivity contribution in [2.45, 2.75) is 37.3 Å². The van der Waals surface area contributed by atoms with Crippen LogP contribution in [0.1, 0.15) is 30.1 Å². The standard InChI is InChI=1S/C17H21F3N2O3.ClH/c18-17(19,20)12-3-1-2-11(8-12)15-10-22(6-7-24-15)16(23)14-5-4-13(9-21)25-14;/h1-3,8,13-15H,4-7,9-10,21H2;1H/t13-,14+,15?;/m1./s1. The lowest BCUT2D eigenvalue weighted by molar-refractivity contribution is -0.150. The molecule has 2 heterocycles. The van der Waals surface area contributed by atoms with Gasteiger partial charge in [-0.1, -0.05) is 12.1 Å². The van der Waals surface area contributed by atoms with Crippen LogP contribution in [0.2, 0.25) is 0 Å². The molecule has 2 saturated heterocycles. The maximum atomic E-state index is 12.9. The first-order chi connectivity index (χ1) is 11.9. The number of nitrogens with zero attached hydrogens (tertiary/aromatic N) is 1. The molecular formula is C17H22ClF3N2O3. The molecule has 0 radical (unpaired) electrons. The van der Waals surface area contributed by atoms with Crippen molar-refractivity contribution in [3.8, 4) is 0 Å². The van der Waals surface area contributed by atoms with Gasteiger partial charge in [0.2, 0.25) is 0 Å². The molecule has 5 nitrogen and oxygen atoms in total. The molecule has 0 aliphatic carbocycles. The fraction of sp³-hybridized carbons (Fsp3) is 0.588. The summed E-state index contributed by atoms with van der Waals surface area (Å²) in [4.78, 5) is 14.2. The Morgan fingerprint density at radius 3 is 2.73 bits per heavy atom. The van der Waals surface area contributed by atoms with Gasteiger partial charge in [0.1, 0.15) is 12.2 Å². The van der Waals surface area contributed by atoms with E-state index in [0.29, 0.717) is 25.1 Å². The van der Waals surface area contributed by atoms with E-state index in [0.717, 1.165) is 18.6 Å². The second-order valence-electron chi connectivity index (χ2n) is 6.33. The third-order valence-corrected chi connectivity index (χ3v) is 4.61. The summed E-state index contributed by atoms with van der Waals surface area (Å²) in [6.07, 6.45) is -4.25. The van der Waals surface area contributed by atoms with Crippen LogP contribution >= 0.6 is 12.4 Å². The van der Waals surface area contributed by atoms with E-state index < -0.39 is 23.9 Å². The molecule has 0 saturated carbocycles. The lowest BCUT2D eigenvalue weighted by Gasteiger charge is -2.34. The van der Waals surface area contributed by atoms with E-state index in [1.807, 2.05) is 0 Å². The second-order valence-corrected chi connectivity index (χ2v) is 6.33. The number of amides is 1. The van der Waals surface area contributed by atoms with Crippen molar-refractivity contribution >= 4 is 18.3 Å². The maximum Gasteiger partial charge on any atom is 0.416 e. The van der Waals surface area contributed by atoms with Crippen molar-refractivity contribution in [2.24, 2.45) is 5.73 Å². The molecular weight excluding hydrogens is 373 g/mol. The van der Waals surface area contributed by atoms with E-state index in [4.69, 9.17) is 15.2 Å². The van der Waals surface area contributed by atoms with Gasteiger partial charge in [0.05, 0.1) is 24.8 Å². The Morgan fingerprint density at radius 1 is 1.31 bits per heavy atom. The molecule has 1 unspecified atom stereocenters. The van der Waals surface area contributed by atoms with Crippen LogP contribution in [0.5, 0.6) is 0 Å². The van der Waals surface area contributed by atoms with Gasteiger partial charge >= 0.3 is 6.18 Å². The number of hydrogen-bond donors (Lipinski definition) is 1. The number of rotatable bonds is 3. The van der Waals surface area contributed by atoms with Gasteiger partial charge in [0.15, 0.2) is 0 Å². The summed E-state index contributed by atoms with van der Waals surface area (Å²) >= 11 is 0. The number of morpholine rings is 1. The van der Waals surface area contributed by atoms with Gasteiger partial charge in [-0.3, -0.25) is 4.79 Å². The first-order valence-electron chi connectivity index (χ1n) is 8.31. The van der Waals surface area contributed by atoms with Gasteiger partial charge in [-0.15, -0.1) is 12.4 Å². The predicted molar refractivity (Wildman–Crippen MR) is 90.9 cm³/mol. The fourth-order valence-corrected chi connectivity index (χ4v) is 3.23. The van der Waals surface area contributed by atoms with Crippen molar-refractivity contribution < 1.29 is 27.4 Å². The molecule has 3 rings (SSSR count). The number of hydrogen-bond acceptors (Lipinski definition) is 4. The van der Waals surface area contributed by atoms with Gasteiger partial charge in [-0.05, 0) is 30.5 Å². The smallest absolute Gasteiger partial charge is 0.370 e. The number of ether oxygens (including phenoxy) is 2. The van der Waals surface area contributed by atoms with Gasteiger partial charge in [-0.25, -0.2) is 0 Å². The summed E-state index contributed by atoms with van der Waals surface area (Å²) in [6, 6.07) is 5.04. The number of carbonyl (C=O) groups is 1. The van der Waals surface area contributed by atoms with E-state index >= 15 is 0 Å². The molecule has 3 atom stereocenters. The second kappa shape index (κ2) is 8.56. The van der Waals surface area contributed by atoms with Crippen LogP contribution in [-0.4, -0.2) is 49.3 Å². The molecule has 2 fully saturated rings. The number of benzene rings is 1. The van der Waals surface area contributed by atoms with Crippen molar-refractivity contribution in [1.82, 2.24) is 4.90 Å². The normalized spacial score (nSPS) is 26.5. The highest BCUT2D eigenvalue weighted by Gasteiger charge is 2.36. The van der Waals surface area contributed by atoms with Gasteiger partial charge < -0.3 is 20.1 Å². The average Bonchev–Trinajstić information content (AvgIpc) is 3.10. The number of halogens is 4. The van der Waals surface area contributed by atoms with Crippen LogP contribution in [0.15, 0.2) is 24.3 Å².